The van der Waals surface area contributed by atoms with Gasteiger partial charge in [0.2, 0.25) is 0 Å². The van der Waals surface area contributed by atoms with Crippen LogP contribution in [0.15, 0.2) is 59.7 Å². The number of fused-ring (bicyclic) bond motifs is 3. The van der Waals surface area contributed by atoms with Crippen LogP contribution < -0.4 is 10.3 Å². The van der Waals surface area contributed by atoms with Gasteiger partial charge in [-0.05, 0) is 54.1 Å². The van der Waals surface area contributed by atoms with E-state index in [1.165, 1.54) is 15.8 Å². The summed E-state index contributed by atoms with van der Waals surface area (Å²) in [6, 6.07) is 12.6. The molecule has 9 heteroatoms. The molecule has 0 saturated heterocycles. The molecule has 1 aliphatic heterocycles. The van der Waals surface area contributed by atoms with Crippen molar-refractivity contribution < 1.29 is 14.6 Å². The minimum Gasteiger partial charge on any atom is -0.487 e. The number of pyridine rings is 2. The van der Waals surface area contributed by atoms with Crippen LogP contribution in [-0.4, -0.2) is 32.2 Å². The molecular weight excluding hydrogens is 462 g/mol. The number of nitrogens with zero attached hydrogens (tertiary/aromatic N) is 3. The zero-order chi connectivity index (χ0) is 22.9. The van der Waals surface area contributed by atoms with Crippen LogP contribution in [0.5, 0.6) is 5.75 Å². The number of hydrogen-bond donors (Lipinski definition) is 1. The molecule has 1 aromatic carbocycles. The van der Waals surface area contributed by atoms with E-state index >= 15 is 0 Å². The zero-order valence-corrected chi connectivity index (χ0v) is 19.1. The first-order valence-corrected chi connectivity index (χ1v) is 11.7. The molecule has 5 rings (SSSR count). The third kappa shape index (κ3) is 4.44. The fourth-order valence-electron chi connectivity index (χ4n) is 3.99. The molecule has 0 atom stereocenters. The zero-order valence-electron chi connectivity index (χ0n) is 17.5. The van der Waals surface area contributed by atoms with Gasteiger partial charge >= 0.3 is 6.09 Å². The normalized spacial score (nSPS) is 13.5. The predicted molar refractivity (Wildman–Crippen MR) is 128 cm³/mol. The van der Waals surface area contributed by atoms with Crippen LogP contribution in [0.2, 0.25) is 5.02 Å². The van der Waals surface area contributed by atoms with Gasteiger partial charge in [-0.25, -0.2) is 4.79 Å². The van der Waals surface area contributed by atoms with Gasteiger partial charge in [-0.15, -0.1) is 11.3 Å². The summed E-state index contributed by atoms with van der Waals surface area (Å²) in [7, 11) is 0. The summed E-state index contributed by atoms with van der Waals surface area (Å²) < 4.78 is 8.32. The van der Waals surface area contributed by atoms with Crippen LogP contribution >= 0.6 is 22.9 Å². The molecule has 0 bridgehead atoms. The minimum atomic E-state index is -0.889. The van der Waals surface area contributed by atoms with Gasteiger partial charge < -0.3 is 14.7 Å². The highest BCUT2D eigenvalue weighted by molar-refractivity contribution is 7.19. The molecule has 1 aliphatic rings. The highest BCUT2D eigenvalue weighted by atomic mass is 35.5. The lowest BCUT2D eigenvalue weighted by molar-refractivity contribution is 0.143. The highest BCUT2D eigenvalue weighted by Crippen LogP contribution is 2.36. The summed E-state index contributed by atoms with van der Waals surface area (Å²) in [6.07, 6.45) is 4.03. The second-order valence-electron chi connectivity index (χ2n) is 7.82. The van der Waals surface area contributed by atoms with Crippen molar-refractivity contribution in [1.29, 1.82) is 0 Å². The third-order valence-corrected chi connectivity index (χ3v) is 7.13. The van der Waals surface area contributed by atoms with Gasteiger partial charge in [-0.2, -0.15) is 0 Å². The van der Waals surface area contributed by atoms with Crippen molar-refractivity contribution in [1.82, 2.24) is 14.5 Å². The Morgan fingerprint density at radius 1 is 1.21 bits per heavy atom. The van der Waals surface area contributed by atoms with Gasteiger partial charge in [0.05, 0.1) is 22.9 Å². The SMILES string of the molecule is O=C(O)N1CCCc2sc3cc(-n4ccc(OCc5ccc(Cl)cn5)cc4=O)ccc3c2C1. The van der Waals surface area contributed by atoms with E-state index in [9.17, 15) is 14.7 Å². The van der Waals surface area contributed by atoms with E-state index in [1.54, 1.807) is 46.5 Å². The Hall–Kier alpha value is -3.36. The van der Waals surface area contributed by atoms with E-state index in [0.29, 0.717) is 29.6 Å². The number of rotatable bonds is 4. The van der Waals surface area contributed by atoms with Gasteiger partial charge in [0, 0.05) is 34.6 Å². The summed E-state index contributed by atoms with van der Waals surface area (Å²) >= 11 is 7.52. The summed E-state index contributed by atoms with van der Waals surface area (Å²) in [4.78, 5) is 31.1. The summed E-state index contributed by atoms with van der Waals surface area (Å²) in [6.45, 7) is 1.19. The smallest absolute Gasteiger partial charge is 0.407 e. The molecule has 0 unspecified atom stereocenters. The average molecular weight is 482 g/mol. The molecule has 1 N–H and O–H groups in total. The van der Waals surface area contributed by atoms with Crippen molar-refractivity contribution in [3.63, 3.8) is 0 Å². The van der Waals surface area contributed by atoms with Crippen LogP contribution in [0.3, 0.4) is 0 Å². The van der Waals surface area contributed by atoms with Gasteiger partial charge in [-0.3, -0.25) is 14.3 Å². The molecule has 33 heavy (non-hydrogen) atoms. The molecular formula is C24H20ClN3O4S. The Morgan fingerprint density at radius 3 is 2.85 bits per heavy atom. The molecule has 0 saturated carbocycles. The van der Waals surface area contributed by atoms with E-state index in [2.05, 4.69) is 4.98 Å². The second-order valence-corrected chi connectivity index (χ2v) is 9.39. The Kier molecular flexibility index (Phi) is 5.78. The van der Waals surface area contributed by atoms with Crippen LogP contribution in [0, 0.1) is 0 Å². The predicted octanol–water partition coefficient (Wildman–Crippen LogP) is 5.11. The van der Waals surface area contributed by atoms with Crippen LogP contribution in [0.1, 0.15) is 22.6 Å². The number of ether oxygens (including phenoxy) is 1. The van der Waals surface area contributed by atoms with Crippen molar-refractivity contribution >= 4 is 39.1 Å². The Morgan fingerprint density at radius 2 is 2.09 bits per heavy atom. The summed E-state index contributed by atoms with van der Waals surface area (Å²) in [5.74, 6) is 0.464. The molecule has 4 aromatic rings. The molecule has 7 nitrogen and oxygen atoms in total. The minimum absolute atomic E-state index is 0.203. The van der Waals surface area contributed by atoms with Gasteiger partial charge in [0.1, 0.15) is 12.4 Å². The fourth-order valence-corrected chi connectivity index (χ4v) is 5.39. The molecule has 0 fully saturated rings. The van der Waals surface area contributed by atoms with Crippen molar-refractivity contribution in [3.05, 3.63) is 86.4 Å². The topological polar surface area (TPSA) is 84.7 Å². The van der Waals surface area contributed by atoms with E-state index in [1.807, 2.05) is 18.2 Å². The number of benzene rings is 1. The standard InChI is InChI=1S/C24H20ClN3O4S/c25-15-3-4-16(26-12-15)14-32-18-7-9-28(23(29)11-18)17-5-6-19-20-13-27(24(30)31)8-1-2-21(20)33-22(19)10-17/h3-7,9-12H,1-2,8,13-14H2,(H,30,31). The molecule has 0 radical (unpaired) electrons. The maximum absolute atomic E-state index is 12.8. The van der Waals surface area contributed by atoms with Crippen molar-refractivity contribution in [2.45, 2.75) is 26.0 Å². The monoisotopic (exact) mass is 481 g/mol. The Labute approximate surface area is 198 Å². The Bertz CT molecular complexity index is 1400. The summed E-state index contributed by atoms with van der Waals surface area (Å²) in [5, 5.41) is 11.0. The lowest BCUT2D eigenvalue weighted by Crippen LogP contribution is -2.28. The van der Waals surface area contributed by atoms with Crippen LogP contribution in [-0.2, 0) is 19.6 Å². The lowest BCUT2D eigenvalue weighted by atomic mass is 10.1. The largest absolute Gasteiger partial charge is 0.487 e. The average Bonchev–Trinajstić information content (AvgIpc) is 2.99. The molecule has 0 aliphatic carbocycles. The Balaban J connectivity index is 1.39. The van der Waals surface area contributed by atoms with Gasteiger partial charge in [0.15, 0.2) is 0 Å². The van der Waals surface area contributed by atoms with E-state index < -0.39 is 6.09 Å². The fraction of sp³-hybridized carbons (Fsp3) is 0.208. The number of carboxylic acid groups (broad SMARTS) is 1. The van der Waals surface area contributed by atoms with Crippen LogP contribution in [0.25, 0.3) is 15.8 Å². The molecule has 3 aromatic heterocycles. The van der Waals surface area contributed by atoms with Crippen molar-refractivity contribution in [3.8, 4) is 11.4 Å². The van der Waals surface area contributed by atoms with E-state index in [4.69, 9.17) is 16.3 Å². The van der Waals surface area contributed by atoms with Crippen molar-refractivity contribution in [2.24, 2.45) is 0 Å². The first-order chi connectivity index (χ1) is 16.0. The van der Waals surface area contributed by atoms with Crippen molar-refractivity contribution in [2.75, 3.05) is 6.54 Å². The maximum Gasteiger partial charge on any atom is 0.407 e. The highest BCUT2D eigenvalue weighted by Gasteiger charge is 2.22. The van der Waals surface area contributed by atoms with E-state index in [0.717, 1.165) is 34.2 Å². The molecule has 1 amide bonds. The quantitative estimate of drug-likeness (QED) is 0.438. The second kappa shape index (κ2) is 8.88. The summed E-state index contributed by atoms with van der Waals surface area (Å²) in [5.41, 5.74) is 2.34. The van der Waals surface area contributed by atoms with E-state index in [-0.39, 0.29) is 12.2 Å². The first kappa shape index (κ1) is 21.5. The van der Waals surface area contributed by atoms with Gasteiger partial charge in [0.25, 0.3) is 5.56 Å². The van der Waals surface area contributed by atoms with Crippen LogP contribution in [0.4, 0.5) is 4.79 Å². The number of amides is 1. The lowest BCUT2D eigenvalue weighted by Gasteiger charge is -2.16. The first-order valence-electron chi connectivity index (χ1n) is 10.5. The number of hydrogen-bond acceptors (Lipinski definition) is 5. The molecule has 0 spiro atoms. The number of aromatic nitrogens is 2. The number of halogens is 1. The maximum atomic E-state index is 12.8. The molecule has 168 valence electrons. The number of carbonyl (C=O) groups is 1. The molecule has 4 heterocycles. The van der Waals surface area contributed by atoms with Gasteiger partial charge in [-0.1, -0.05) is 17.7 Å². The number of thiophene rings is 1. The number of aryl methyl sites for hydroxylation is 1. The third-order valence-electron chi connectivity index (χ3n) is 5.66.